The lowest BCUT2D eigenvalue weighted by Gasteiger charge is -2.31. The number of nitrogens with one attached hydrogen (secondary N) is 1. The van der Waals surface area contributed by atoms with Crippen LogP contribution in [0.25, 0.3) is 0 Å². The molecule has 2 amide bonds. The van der Waals surface area contributed by atoms with Gasteiger partial charge < -0.3 is 21.5 Å². The zero-order valence-corrected chi connectivity index (χ0v) is 15.8. The first-order valence-electron chi connectivity index (χ1n) is 8.77. The quantitative estimate of drug-likeness (QED) is 0.650. The molecule has 0 fully saturated rings. The summed E-state index contributed by atoms with van der Waals surface area (Å²) in [6, 6.07) is 9.46. The fourth-order valence-corrected chi connectivity index (χ4v) is 2.98. The molecule has 28 heavy (non-hydrogen) atoms. The Morgan fingerprint density at radius 2 is 2.07 bits per heavy atom. The van der Waals surface area contributed by atoms with E-state index in [-0.39, 0.29) is 5.57 Å². The summed E-state index contributed by atoms with van der Waals surface area (Å²) in [6.07, 6.45) is 5.40. The van der Waals surface area contributed by atoms with Gasteiger partial charge in [-0.05, 0) is 42.8 Å². The second kappa shape index (κ2) is 7.59. The van der Waals surface area contributed by atoms with Gasteiger partial charge in [-0.1, -0.05) is 12.1 Å². The number of dihydropyridines is 1. The summed E-state index contributed by atoms with van der Waals surface area (Å²) in [5.41, 5.74) is 12.4. The molecule has 0 saturated heterocycles. The van der Waals surface area contributed by atoms with Crippen LogP contribution in [0.2, 0.25) is 0 Å². The van der Waals surface area contributed by atoms with Crippen LogP contribution < -0.4 is 21.5 Å². The molecule has 0 aliphatic carbocycles. The maximum Gasteiger partial charge on any atom is 0.248 e. The zero-order chi connectivity index (χ0) is 20.3. The Morgan fingerprint density at radius 1 is 1.29 bits per heavy atom. The van der Waals surface area contributed by atoms with Gasteiger partial charge in [0.05, 0.1) is 5.69 Å². The van der Waals surface area contributed by atoms with Crippen molar-refractivity contribution in [2.24, 2.45) is 18.5 Å². The van der Waals surface area contributed by atoms with Gasteiger partial charge in [0.15, 0.2) is 0 Å². The minimum Gasteiger partial charge on any atom is -0.487 e. The Labute approximate surface area is 162 Å². The van der Waals surface area contributed by atoms with E-state index in [1.807, 2.05) is 43.6 Å². The Bertz CT molecular complexity index is 976. The molecule has 1 aliphatic rings. The molecule has 8 heteroatoms. The van der Waals surface area contributed by atoms with Crippen LogP contribution in [-0.2, 0) is 29.7 Å². The van der Waals surface area contributed by atoms with Gasteiger partial charge in [-0.25, -0.2) is 0 Å². The summed E-state index contributed by atoms with van der Waals surface area (Å²) in [5, 5.41) is 7.37. The highest BCUT2D eigenvalue weighted by Crippen LogP contribution is 2.23. The van der Waals surface area contributed by atoms with Gasteiger partial charge in [-0.2, -0.15) is 5.10 Å². The van der Waals surface area contributed by atoms with Crippen molar-refractivity contribution in [3.8, 4) is 5.75 Å². The molecule has 2 aromatic rings. The molecular weight excluding hydrogens is 358 g/mol. The Morgan fingerprint density at radius 3 is 2.71 bits per heavy atom. The molecule has 0 spiro atoms. The van der Waals surface area contributed by atoms with Crippen LogP contribution >= 0.6 is 0 Å². The molecule has 0 radical (unpaired) electrons. The molecular formula is C20H23N5O3. The number of amides is 2. The van der Waals surface area contributed by atoms with Crippen molar-refractivity contribution >= 4 is 11.8 Å². The SMILES string of the molecule is Cn1ccc(COc2cccc(CC3=CC(C(N)=O)=CC(C)(C(N)=O)N3)c2)n1. The molecule has 1 unspecified atom stereocenters. The van der Waals surface area contributed by atoms with E-state index in [4.69, 9.17) is 16.2 Å². The number of ether oxygens (including phenoxy) is 1. The van der Waals surface area contributed by atoms with E-state index in [9.17, 15) is 9.59 Å². The molecule has 3 rings (SSSR count). The molecule has 1 aromatic heterocycles. The second-order valence-electron chi connectivity index (χ2n) is 6.92. The van der Waals surface area contributed by atoms with E-state index in [0.29, 0.717) is 24.5 Å². The van der Waals surface area contributed by atoms with Crippen LogP contribution in [0.4, 0.5) is 0 Å². The number of hydrogen-bond donors (Lipinski definition) is 3. The van der Waals surface area contributed by atoms with Crippen molar-refractivity contribution < 1.29 is 14.3 Å². The van der Waals surface area contributed by atoms with Crippen molar-refractivity contribution in [2.75, 3.05) is 0 Å². The highest BCUT2D eigenvalue weighted by atomic mass is 16.5. The molecule has 8 nitrogen and oxygen atoms in total. The van der Waals surface area contributed by atoms with Gasteiger partial charge in [-0.3, -0.25) is 14.3 Å². The van der Waals surface area contributed by atoms with Crippen molar-refractivity contribution in [1.82, 2.24) is 15.1 Å². The van der Waals surface area contributed by atoms with E-state index in [1.165, 1.54) is 6.08 Å². The van der Waals surface area contributed by atoms with Crippen molar-refractivity contribution in [3.63, 3.8) is 0 Å². The van der Waals surface area contributed by atoms with E-state index < -0.39 is 17.4 Å². The van der Waals surface area contributed by atoms with Gasteiger partial charge in [0.1, 0.15) is 17.9 Å². The van der Waals surface area contributed by atoms with Crippen molar-refractivity contribution in [2.45, 2.75) is 25.5 Å². The third kappa shape index (κ3) is 4.40. The van der Waals surface area contributed by atoms with E-state index in [1.54, 1.807) is 17.7 Å². The average Bonchev–Trinajstić information content (AvgIpc) is 3.05. The number of benzene rings is 1. The summed E-state index contributed by atoms with van der Waals surface area (Å²) >= 11 is 0. The maximum atomic E-state index is 11.8. The summed E-state index contributed by atoms with van der Waals surface area (Å²) < 4.78 is 7.52. The summed E-state index contributed by atoms with van der Waals surface area (Å²) in [5.74, 6) is -0.508. The van der Waals surface area contributed by atoms with Crippen LogP contribution in [0, 0.1) is 0 Å². The number of carbonyl (C=O) groups is 2. The number of carbonyl (C=O) groups excluding carboxylic acids is 2. The van der Waals surface area contributed by atoms with Crippen molar-refractivity contribution in [1.29, 1.82) is 0 Å². The number of nitrogens with zero attached hydrogens (tertiary/aromatic N) is 2. The van der Waals surface area contributed by atoms with E-state index in [0.717, 1.165) is 11.3 Å². The number of primary amides is 2. The zero-order valence-electron chi connectivity index (χ0n) is 15.8. The average molecular weight is 381 g/mol. The number of aromatic nitrogens is 2. The summed E-state index contributed by atoms with van der Waals surface area (Å²) in [7, 11) is 1.85. The van der Waals surface area contributed by atoms with E-state index >= 15 is 0 Å². The first-order chi connectivity index (χ1) is 13.2. The van der Waals surface area contributed by atoms with Crippen LogP contribution in [0.3, 0.4) is 0 Å². The summed E-state index contributed by atoms with van der Waals surface area (Å²) in [6.45, 7) is 1.97. The highest BCUT2D eigenvalue weighted by molar-refractivity contribution is 5.98. The number of rotatable bonds is 7. The molecule has 2 heterocycles. The minimum atomic E-state index is -1.18. The van der Waals surface area contributed by atoms with Gasteiger partial charge in [-0.15, -0.1) is 0 Å². The lowest BCUT2D eigenvalue weighted by Crippen LogP contribution is -2.53. The fraction of sp³-hybridized carbons (Fsp3) is 0.250. The van der Waals surface area contributed by atoms with Crippen molar-refractivity contribution in [3.05, 3.63) is 71.2 Å². The van der Waals surface area contributed by atoms with Gasteiger partial charge in [0.2, 0.25) is 11.8 Å². The highest BCUT2D eigenvalue weighted by Gasteiger charge is 2.33. The molecule has 1 aromatic carbocycles. The molecule has 1 aliphatic heterocycles. The first kappa shape index (κ1) is 19.2. The molecule has 1 atom stereocenters. The Balaban J connectivity index is 1.74. The van der Waals surface area contributed by atoms with Gasteiger partial charge >= 0.3 is 0 Å². The molecule has 0 bridgehead atoms. The Hall–Kier alpha value is -3.55. The predicted octanol–water partition coefficient (Wildman–Crippen LogP) is 0.684. The molecule has 0 saturated carbocycles. The molecule has 5 N–H and O–H groups in total. The predicted molar refractivity (Wildman–Crippen MR) is 104 cm³/mol. The maximum absolute atomic E-state index is 11.8. The van der Waals surface area contributed by atoms with Crippen LogP contribution in [0.1, 0.15) is 18.2 Å². The van der Waals surface area contributed by atoms with E-state index in [2.05, 4.69) is 10.4 Å². The summed E-state index contributed by atoms with van der Waals surface area (Å²) in [4.78, 5) is 23.5. The topological polar surface area (TPSA) is 125 Å². The lowest BCUT2D eigenvalue weighted by atomic mass is 9.91. The first-order valence-corrected chi connectivity index (χ1v) is 8.77. The normalized spacial score (nSPS) is 18.6. The third-order valence-electron chi connectivity index (χ3n) is 4.44. The number of nitrogens with two attached hydrogens (primary N) is 2. The lowest BCUT2D eigenvalue weighted by molar-refractivity contribution is -0.121. The Kier molecular flexibility index (Phi) is 5.21. The van der Waals surface area contributed by atoms with Crippen LogP contribution in [0.5, 0.6) is 5.75 Å². The van der Waals surface area contributed by atoms with Crippen LogP contribution in [0.15, 0.2) is 60.0 Å². The van der Waals surface area contributed by atoms with Gasteiger partial charge in [0.25, 0.3) is 0 Å². The second-order valence-corrected chi connectivity index (χ2v) is 6.92. The smallest absolute Gasteiger partial charge is 0.248 e. The minimum absolute atomic E-state index is 0.248. The monoisotopic (exact) mass is 381 g/mol. The molecule has 146 valence electrons. The standard InChI is InChI=1S/C20H23N5O3/c1-20(19(22)27)11-14(18(21)26)10-16(23-20)8-13-4-3-5-17(9-13)28-12-15-6-7-25(2)24-15/h3-7,9-11,23H,8,12H2,1-2H3,(H2,21,26)(H2,22,27). The number of aryl methyl sites for hydroxylation is 1. The van der Waals surface area contributed by atoms with Gasteiger partial charge in [0, 0.05) is 30.9 Å². The van der Waals surface area contributed by atoms with Crippen LogP contribution in [-0.4, -0.2) is 27.1 Å². The number of allylic oxidation sites excluding steroid dienone is 1. The fourth-order valence-electron chi connectivity index (χ4n) is 2.98. The number of hydrogen-bond acceptors (Lipinski definition) is 5. The largest absolute Gasteiger partial charge is 0.487 e. The third-order valence-corrected chi connectivity index (χ3v) is 4.44.